The molecule has 0 unspecified atom stereocenters. The van der Waals surface area contributed by atoms with E-state index in [1.54, 1.807) is 12.1 Å². The summed E-state index contributed by atoms with van der Waals surface area (Å²) in [5, 5.41) is 3.31. The third-order valence-electron chi connectivity index (χ3n) is 4.16. The molecule has 1 heterocycles. The summed E-state index contributed by atoms with van der Waals surface area (Å²) in [4.78, 5) is 14.9. The Kier molecular flexibility index (Phi) is 6.15. The number of rotatable bonds is 6. The minimum absolute atomic E-state index is 0.0212. The van der Waals surface area contributed by atoms with Gasteiger partial charge in [0.15, 0.2) is 0 Å². The average Bonchev–Trinajstić information content (AvgIpc) is 2.60. The van der Waals surface area contributed by atoms with Gasteiger partial charge in [0, 0.05) is 18.2 Å². The SMILES string of the molecule is CCCN(C(=O)c1ccc(S(=O)(=O)NC)cc1)C1CCNCC1. The second-order valence-corrected chi connectivity index (χ2v) is 7.60. The van der Waals surface area contributed by atoms with E-state index < -0.39 is 10.0 Å². The Bertz CT molecular complexity index is 622. The fraction of sp³-hybridized carbons (Fsp3) is 0.562. The highest BCUT2D eigenvalue weighted by atomic mass is 32.2. The Hall–Kier alpha value is -1.44. The van der Waals surface area contributed by atoms with E-state index in [0.29, 0.717) is 5.56 Å². The molecule has 1 amide bonds. The van der Waals surface area contributed by atoms with E-state index >= 15 is 0 Å². The van der Waals surface area contributed by atoms with Crippen LogP contribution in [0.25, 0.3) is 0 Å². The summed E-state index contributed by atoms with van der Waals surface area (Å²) >= 11 is 0. The van der Waals surface area contributed by atoms with Crippen LogP contribution >= 0.6 is 0 Å². The third-order valence-corrected chi connectivity index (χ3v) is 5.59. The fourth-order valence-corrected chi connectivity index (χ4v) is 3.60. The average molecular weight is 339 g/mol. The summed E-state index contributed by atoms with van der Waals surface area (Å²) < 4.78 is 25.8. The lowest BCUT2D eigenvalue weighted by molar-refractivity contribution is 0.0642. The topological polar surface area (TPSA) is 78.5 Å². The van der Waals surface area contributed by atoms with E-state index in [-0.39, 0.29) is 16.8 Å². The van der Waals surface area contributed by atoms with Crippen molar-refractivity contribution in [2.45, 2.75) is 37.1 Å². The number of hydrogen-bond acceptors (Lipinski definition) is 4. The van der Waals surface area contributed by atoms with Crippen molar-refractivity contribution in [3.63, 3.8) is 0 Å². The molecule has 1 aliphatic rings. The van der Waals surface area contributed by atoms with Crippen LogP contribution in [0.5, 0.6) is 0 Å². The number of carbonyl (C=O) groups excluding carboxylic acids is 1. The van der Waals surface area contributed by atoms with E-state index in [1.165, 1.54) is 19.2 Å². The van der Waals surface area contributed by atoms with E-state index in [2.05, 4.69) is 17.0 Å². The minimum Gasteiger partial charge on any atom is -0.336 e. The van der Waals surface area contributed by atoms with Gasteiger partial charge >= 0.3 is 0 Å². The molecule has 0 atom stereocenters. The molecule has 0 saturated carbocycles. The summed E-state index contributed by atoms with van der Waals surface area (Å²) in [5.74, 6) is -0.0212. The highest BCUT2D eigenvalue weighted by molar-refractivity contribution is 7.89. The molecular weight excluding hydrogens is 314 g/mol. The molecule has 2 rings (SSSR count). The lowest BCUT2D eigenvalue weighted by atomic mass is 10.0. The van der Waals surface area contributed by atoms with Crippen molar-refractivity contribution >= 4 is 15.9 Å². The molecule has 0 radical (unpaired) electrons. The van der Waals surface area contributed by atoms with Crippen LogP contribution in [0.2, 0.25) is 0 Å². The maximum absolute atomic E-state index is 12.8. The standard InChI is InChI=1S/C16H25N3O3S/c1-3-12-19(14-8-10-18-11-9-14)16(20)13-4-6-15(7-5-13)23(21,22)17-2/h4-7,14,17-18H,3,8-12H2,1-2H3. The molecular formula is C16H25N3O3S. The van der Waals surface area contributed by atoms with Crippen molar-refractivity contribution in [1.82, 2.24) is 14.9 Å². The van der Waals surface area contributed by atoms with Gasteiger partial charge in [0.25, 0.3) is 5.91 Å². The zero-order valence-electron chi connectivity index (χ0n) is 13.7. The summed E-state index contributed by atoms with van der Waals surface area (Å²) in [5.41, 5.74) is 0.534. The van der Waals surface area contributed by atoms with Crippen LogP contribution in [-0.2, 0) is 10.0 Å². The highest BCUT2D eigenvalue weighted by Crippen LogP contribution is 2.18. The zero-order valence-corrected chi connectivity index (χ0v) is 14.5. The van der Waals surface area contributed by atoms with Crippen molar-refractivity contribution in [2.24, 2.45) is 0 Å². The van der Waals surface area contributed by atoms with Crippen LogP contribution in [0.1, 0.15) is 36.5 Å². The second kappa shape index (κ2) is 7.90. The molecule has 7 heteroatoms. The molecule has 0 bridgehead atoms. The number of nitrogens with zero attached hydrogens (tertiary/aromatic N) is 1. The van der Waals surface area contributed by atoms with Crippen molar-refractivity contribution < 1.29 is 13.2 Å². The molecule has 1 aromatic rings. The number of carbonyl (C=O) groups is 1. The number of sulfonamides is 1. The molecule has 1 aromatic carbocycles. The van der Waals surface area contributed by atoms with Crippen molar-refractivity contribution in [3.8, 4) is 0 Å². The van der Waals surface area contributed by atoms with Crippen LogP contribution in [-0.4, -0.2) is 51.9 Å². The number of piperidine rings is 1. The van der Waals surface area contributed by atoms with Crippen LogP contribution < -0.4 is 10.0 Å². The molecule has 128 valence electrons. The molecule has 6 nitrogen and oxygen atoms in total. The van der Waals surface area contributed by atoms with Gasteiger partial charge < -0.3 is 10.2 Å². The van der Waals surface area contributed by atoms with Crippen LogP contribution in [0.4, 0.5) is 0 Å². The third kappa shape index (κ3) is 4.31. The Morgan fingerprint density at radius 3 is 2.39 bits per heavy atom. The molecule has 2 N–H and O–H groups in total. The minimum atomic E-state index is -3.47. The Labute approximate surface area is 138 Å². The maximum atomic E-state index is 12.8. The zero-order chi connectivity index (χ0) is 16.9. The highest BCUT2D eigenvalue weighted by Gasteiger charge is 2.25. The van der Waals surface area contributed by atoms with E-state index in [9.17, 15) is 13.2 Å². The summed E-state index contributed by atoms with van der Waals surface area (Å²) in [6, 6.07) is 6.40. The quantitative estimate of drug-likeness (QED) is 0.816. The fourth-order valence-electron chi connectivity index (χ4n) is 2.87. The number of nitrogens with one attached hydrogen (secondary N) is 2. The predicted molar refractivity (Wildman–Crippen MR) is 89.9 cm³/mol. The van der Waals surface area contributed by atoms with Gasteiger partial charge in [-0.05, 0) is 63.7 Å². The maximum Gasteiger partial charge on any atom is 0.254 e. The Morgan fingerprint density at radius 2 is 1.87 bits per heavy atom. The van der Waals surface area contributed by atoms with Crippen LogP contribution in [0, 0.1) is 0 Å². The first-order valence-electron chi connectivity index (χ1n) is 8.05. The lowest BCUT2D eigenvalue weighted by Crippen LogP contribution is -2.46. The smallest absolute Gasteiger partial charge is 0.254 e. The molecule has 1 aliphatic heterocycles. The van der Waals surface area contributed by atoms with E-state index in [4.69, 9.17) is 0 Å². The molecule has 23 heavy (non-hydrogen) atoms. The van der Waals surface area contributed by atoms with Gasteiger partial charge in [-0.1, -0.05) is 6.92 Å². The number of amides is 1. The van der Waals surface area contributed by atoms with Crippen LogP contribution in [0.3, 0.4) is 0 Å². The van der Waals surface area contributed by atoms with E-state index in [0.717, 1.165) is 38.9 Å². The number of benzene rings is 1. The second-order valence-electron chi connectivity index (χ2n) is 5.71. The molecule has 1 fully saturated rings. The Balaban J connectivity index is 2.19. The first-order valence-corrected chi connectivity index (χ1v) is 9.53. The predicted octanol–water partition coefficient (Wildman–Crippen LogP) is 1.20. The van der Waals surface area contributed by atoms with E-state index in [1.807, 2.05) is 4.90 Å². The van der Waals surface area contributed by atoms with Gasteiger partial charge in [0.2, 0.25) is 10.0 Å². The molecule has 0 aliphatic carbocycles. The molecule has 0 aromatic heterocycles. The van der Waals surface area contributed by atoms with Gasteiger partial charge in [-0.25, -0.2) is 13.1 Å². The normalized spacial score (nSPS) is 16.3. The van der Waals surface area contributed by atoms with Gasteiger partial charge in [0.05, 0.1) is 4.90 Å². The van der Waals surface area contributed by atoms with Crippen molar-refractivity contribution in [3.05, 3.63) is 29.8 Å². The largest absolute Gasteiger partial charge is 0.336 e. The van der Waals surface area contributed by atoms with Gasteiger partial charge in [0.1, 0.15) is 0 Å². The molecule has 0 spiro atoms. The summed E-state index contributed by atoms with van der Waals surface area (Å²) in [7, 11) is -2.11. The molecule has 1 saturated heterocycles. The van der Waals surface area contributed by atoms with Crippen molar-refractivity contribution in [1.29, 1.82) is 0 Å². The lowest BCUT2D eigenvalue weighted by Gasteiger charge is -2.34. The van der Waals surface area contributed by atoms with Crippen LogP contribution in [0.15, 0.2) is 29.2 Å². The first-order chi connectivity index (χ1) is 11.0. The first kappa shape index (κ1) is 17.9. The summed E-state index contributed by atoms with van der Waals surface area (Å²) in [6.45, 7) is 4.64. The monoisotopic (exact) mass is 339 g/mol. The van der Waals surface area contributed by atoms with Gasteiger partial charge in [-0.2, -0.15) is 0 Å². The van der Waals surface area contributed by atoms with Gasteiger partial charge in [-0.3, -0.25) is 4.79 Å². The van der Waals surface area contributed by atoms with Gasteiger partial charge in [-0.15, -0.1) is 0 Å². The number of hydrogen-bond donors (Lipinski definition) is 2. The summed E-state index contributed by atoms with van der Waals surface area (Å²) in [6.07, 6.45) is 2.82. The van der Waals surface area contributed by atoms with Crippen molar-refractivity contribution in [2.75, 3.05) is 26.7 Å². The Morgan fingerprint density at radius 1 is 1.26 bits per heavy atom.